The van der Waals surface area contributed by atoms with Crippen LogP contribution in [0.1, 0.15) is 180 Å². The van der Waals surface area contributed by atoms with E-state index in [0.717, 1.165) is 194 Å². The summed E-state index contributed by atoms with van der Waals surface area (Å²) in [5.74, 6) is 3.02. The fourth-order valence-electron chi connectivity index (χ4n) is 21.1. The summed E-state index contributed by atoms with van der Waals surface area (Å²) in [7, 11) is 2.07. The Morgan fingerprint density at radius 2 is 0.570 bits per heavy atom. The fraction of sp³-hybridized carbons (Fsp3) is 0.221. The second-order valence-electron chi connectivity index (χ2n) is 46.2. The second kappa shape index (κ2) is 38.4. The standard InChI is InChI=1S/C50H45N4O.C44H41N4O.C37H35N4O.3Pt/c1-29-22-30(2)24-31(23-29)37-28-42(52-47-35(37)16-13-19-44(47)55)36-17-12-18-43-46(36)53-48(54(43)34-14-10-9-11-15-34)40-27-33(50(6,7)8)26-39-38-25-32(49(3,4)5)20-21-41(38)51-45(39)40;1-25-19-26(2)21-30(20-25)48-37-13-10-12-31(35-17-15-27-11-9-14-38(49)39(27)45-35)41(37)47-42(48)34-24-29(44(6,7)8)23-33-32-22-28(43(3,4)5)16-18-36(32)46-40(33)34;1-36(2,3)22-15-17-29-25(18-22)26-19-23(37(4,5)6)20-27(33(26)39-29)35-40-34-24(11-9-12-30(34)41(35)7)28-16-14-21-10-8-13-31(42)32(21)38-28;;;/h9-28H,1-8H3,(H-,51,52,53,55);9-24H,1-8H3,(H-,45,46,47,49);8-20H,1-7H3,(H-,38,39,40,42);;;/q3*-1;;;. The van der Waals surface area contributed by atoms with Crippen molar-refractivity contribution in [1.29, 1.82) is 0 Å². The summed E-state index contributed by atoms with van der Waals surface area (Å²) in [6.07, 6.45) is 0. The Labute approximate surface area is 913 Å². The first kappa shape index (κ1) is 103. The molecule has 0 aliphatic carbocycles. The third-order valence-corrected chi connectivity index (χ3v) is 29.1. The quantitative estimate of drug-likeness (QED) is 0.124. The molecule has 15 nitrogen and oxygen atoms in total. The van der Waals surface area contributed by atoms with Gasteiger partial charge in [0.1, 0.15) is 51.3 Å². The number of pyridine rings is 3. The summed E-state index contributed by atoms with van der Waals surface area (Å²) in [6.45, 7) is 49.2. The zero-order valence-corrected chi connectivity index (χ0v) is 95.3. The number of hydrogen-bond donors (Lipinski definition) is 3. The van der Waals surface area contributed by atoms with Crippen molar-refractivity contribution in [2.24, 2.45) is 7.05 Å². The molecule has 149 heavy (non-hydrogen) atoms. The SMILES string of the molecule is Cc1cc(C)cc(-c2cc(-c3cccc4c3nc(-c3cc(C(C)(C)C)cc5c3[n-]c3ccc(C(C)(C)C)cc35)n4-c3ccccc3)nc3c(O)cccc23)c1.Cc1cc(C)cc(-n2c(-c3cc(C(C)(C)C)cc4c3[n-]c3ccc(C(C)(C)C)cc34)nc3c(-c4ccc5cccc(O)c5n4)cccc32)c1.Cn1c(-c2cc(C(C)(C)C)cc3c2[n-]c2ccc(C(C)(C)C)cc23)nc2c(-c3ccc4cccc(O)c4n3)cccc21.[Pt].[Pt].[Pt]. The number of para-hydroxylation sites is 7. The van der Waals surface area contributed by atoms with Crippen LogP contribution in [0.4, 0.5) is 0 Å². The minimum absolute atomic E-state index is 0. The van der Waals surface area contributed by atoms with Crippen molar-refractivity contribution in [3.05, 3.63) is 353 Å². The monoisotopic (exact) mass is 2490 g/mol. The first-order valence-corrected chi connectivity index (χ1v) is 50.6. The topological polar surface area (TPSA) is 195 Å². The predicted octanol–water partition coefficient (Wildman–Crippen LogP) is 32.9. The molecule has 756 valence electrons. The van der Waals surface area contributed by atoms with Crippen molar-refractivity contribution >= 4 is 131 Å². The molecule has 0 amide bonds. The van der Waals surface area contributed by atoms with E-state index in [-0.39, 0.29) is 113 Å². The molecule has 9 aromatic heterocycles. The molecule has 0 saturated carbocycles. The molecule has 18 heteroatoms. The predicted molar refractivity (Wildman–Crippen MR) is 608 cm³/mol. The zero-order chi connectivity index (χ0) is 102. The number of imidazole rings is 3. The largest absolute Gasteiger partial charge is 0.656 e. The van der Waals surface area contributed by atoms with Gasteiger partial charge in [0, 0.05) is 131 Å². The molecule has 0 atom stereocenters. The van der Waals surface area contributed by atoms with Crippen LogP contribution in [0.5, 0.6) is 17.2 Å². The van der Waals surface area contributed by atoms with Gasteiger partial charge in [-0.05, 0) is 245 Å². The van der Waals surface area contributed by atoms with E-state index in [1.807, 2.05) is 72.8 Å². The van der Waals surface area contributed by atoms with Gasteiger partial charge in [-0.15, -0.1) is 33.1 Å². The van der Waals surface area contributed by atoms with E-state index in [2.05, 4.69) is 379 Å². The van der Waals surface area contributed by atoms with E-state index in [1.54, 1.807) is 18.2 Å². The molecular formula is C131H121N12O3Pt3-3. The molecule has 24 aromatic rings. The molecule has 3 N–H and O–H groups in total. The maximum absolute atomic E-state index is 11.2. The summed E-state index contributed by atoms with van der Waals surface area (Å²) in [5.41, 5.74) is 37.4. The minimum Gasteiger partial charge on any atom is -0.656 e. The Kier molecular flexibility index (Phi) is 26.7. The van der Waals surface area contributed by atoms with Crippen LogP contribution in [0.15, 0.2) is 297 Å². The van der Waals surface area contributed by atoms with Gasteiger partial charge in [-0.1, -0.05) is 336 Å². The summed E-state index contributed by atoms with van der Waals surface area (Å²) in [5, 5.41) is 42.0. The van der Waals surface area contributed by atoms with E-state index in [4.69, 9.17) is 44.9 Å². The van der Waals surface area contributed by atoms with Crippen molar-refractivity contribution in [2.75, 3.05) is 0 Å². The van der Waals surface area contributed by atoms with E-state index in [0.29, 0.717) is 16.6 Å². The van der Waals surface area contributed by atoms with E-state index < -0.39 is 0 Å². The Balaban J connectivity index is 0.000000140. The molecule has 15 aromatic carbocycles. The van der Waals surface area contributed by atoms with Gasteiger partial charge in [0.2, 0.25) is 0 Å². The first-order chi connectivity index (χ1) is 69.4. The van der Waals surface area contributed by atoms with Crippen LogP contribution in [-0.2, 0) is 103 Å². The maximum Gasteiger partial charge on any atom is 0.144 e. The van der Waals surface area contributed by atoms with Crippen molar-refractivity contribution in [3.63, 3.8) is 0 Å². The number of nitrogens with zero attached hydrogens (tertiary/aromatic N) is 12. The Morgan fingerprint density at radius 3 is 0.980 bits per heavy atom. The Bertz CT molecular complexity index is 9460. The molecule has 24 rings (SSSR count). The smallest absolute Gasteiger partial charge is 0.144 e. The molecule has 0 spiro atoms. The van der Waals surface area contributed by atoms with Crippen LogP contribution >= 0.6 is 0 Å². The third-order valence-electron chi connectivity index (χ3n) is 29.1. The molecule has 0 radical (unpaired) electrons. The van der Waals surface area contributed by atoms with Crippen molar-refractivity contribution < 1.29 is 78.5 Å². The Morgan fingerprint density at radius 1 is 0.235 bits per heavy atom. The number of aromatic nitrogens is 12. The number of aromatic hydroxyl groups is 3. The van der Waals surface area contributed by atoms with Crippen molar-refractivity contribution in [3.8, 4) is 108 Å². The number of aryl methyl sites for hydroxylation is 5. The van der Waals surface area contributed by atoms with Crippen LogP contribution in [0, 0.1) is 27.7 Å². The third kappa shape index (κ3) is 18.9. The average molecular weight is 2500 g/mol. The molecule has 9 heterocycles. The summed E-state index contributed by atoms with van der Waals surface area (Å²) in [4.78, 5) is 47.2. The van der Waals surface area contributed by atoms with Gasteiger partial charge in [0.25, 0.3) is 0 Å². The Hall–Kier alpha value is -14.2. The van der Waals surface area contributed by atoms with Crippen molar-refractivity contribution in [2.45, 2.75) is 185 Å². The summed E-state index contributed by atoms with van der Waals surface area (Å²) in [6, 6.07) is 103. The van der Waals surface area contributed by atoms with Crippen LogP contribution in [0.2, 0.25) is 0 Å². The zero-order valence-electron chi connectivity index (χ0n) is 88.4. The van der Waals surface area contributed by atoms with E-state index in [9.17, 15) is 15.3 Å². The van der Waals surface area contributed by atoms with Gasteiger partial charge in [0.15, 0.2) is 0 Å². The van der Waals surface area contributed by atoms with Gasteiger partial charge < -0.3 is 34.8 Å². The average Bonchev–Trinajstić information content (AvgIpc) is 1.57. The minimum atomic E-state index is -0.121. The fourth-order valence-corrected chi connectivity index (χ4v) is 21.1. The molecule has 0 unspecified atom stereocenters. The van der Waals surface area contributed by atoms with Crippen LogP contribution in [0.3, 0.4) is 0 Å². The normalized spacial score (nSPS) is 12.3. The molecule has 0 aliphatic heterocycles. The number of benzene rings is 15. The second-order valence-corrected chi connectivity index (χ2v) is 46.2. The van der Waals surface area contributed by atoms with Crippen LogP contribution in [-0.4, -0.2) is 58.9 Å². The molecule has 0 fully saturated rings. The molecule has 0 aliphatic rings. The number of hydrogen-bond acceptors (Lipinski definition) is 9. The van der Waals surface area contributed by atoms with Gasteiger partial charge in [0.05, 0.1) is 50.2 Å². The van der Waals surface area contributed by atoms with Crippen LogP contribution < -0.4 is 15.0 Å². The van der Waals surface area contributed by atoms with E-state index >= 15 is 0 Å². The number of phenolic OH excluding ortho intramolecular Hbond substituents is 3. The molecule has 0 bridgehead atoms. The summed E-state index contributed by atoms with van der Waals surface area (Å²) >= 11 is 0. The van der Waals surface area contributed by atoms with E-state index in [1.165, 1.54) is 66.4 Å². The first-order valence-electron chi connectivity index (χ1n) is 50.6. The summed E-state index contributed by atoms with van der Waals surface area (Å²) < 4.78 is 6.72. The molecular weight excluding hydrogens is 2370 g/mol. The molecule has 0 saturated heterocycles. The van der Waals surface area contributed by atoms with Crippen LogP contribution in [0.25, 0.3) is 222 Å². The number of fused-ring (bicyclic) bond motifs is 15. The van der Waals surface area contributed by atoms with Crippen molar-refractivity contribution in [1.82, 2.24) is 58.6 Å². The number of rotatable bonds is 9. The maximum atomic E-state index is 11.2. The number of phenols is 3. The van der Waals surface area contributed by atoms with Gasteiger partial charge in [-0.25, -0.2) is 29.9 Å². The van der Waals surface area contributed by atoms with Gasteiger partial charge in [-0.2, -0.15) is 0 Å². The van der Waals surface area contributed by atoms with Gasteiger partial charge in [-0.3, -0.25) is 9.13 Å². The van der Waals surface area contributed by atoms with Gasteiger partial charge >= 0.3 is 0 Å².